The number of benzene rings is 2. The number of Topliss-reactive ketones (excluding diaryl/α,β-unsaturated/α-hetero) is 1. The van der Waals surface area contributed by atoms with E-state index >= 15 is 0 Å². The summed E-state index contributed by atoms with van der Waals surface area (Å²) in [6.45, 7) is 1.87. The third-order valence-electron chi connectivity index (χ3n) is 5.92. The average Bonchev–Trinajstić information content (AvgIpc) is 3.29. The molecule has 0 bridgehead atoms. The van der Waals surface area contributed by atoms with Gasteiger partial charge in [-0.05, 0) is 46.9 Å². The molecule has 2 N–H and O–H groups in total. The van der Waals surface area contributed by atoms with Gasteiger partial charge in [-0.3, -0.25) is 4.79 Å². The van der Waals surface area contributed by atoms with Gasteiger partial charge in [0.1, 0.15) is 12.0 Å². The van der Waals surface area contributed by atoms with Crippen molar-refractivity contribution in [2.24, 2.45) is 0 Å². The summed E-state index contributed by atoms with van der Waals surface area (Å²) in [4.78, 5) is 35.1. The Morgan fingerprint density at radius 1 is 1.00 bits per heavy atom. The number of anilines is 1. The summed E-state index contributed by atoms with van der Waals surface area (Å²) in [6.07, 6.45) is 5.65. The van der Waals surface area contributed by atoms with E-state index in [-0.39, 0.29) is 17.9 Å². The molecule has 1 atom stereocenters. The molecule has 1 unspecified atom stereocenters. The number of ketones is 1. The van der Waals surface area contributed by atoms with Crippen molar-refractivity contribution in [3.8, 4) is 0 Å². The number of aromatic nitrogens is 2. The second kappa shape index (κ2) is 8.72. The summed E-state index contributed by atoms with van der Waals surface area (Å²) in [5, 5.41) is 6.23. The number of carbonyl (C=O) groups is 2. The minimum Gasteiger partial charge on any atom is -0.316 e. The van der Waals surface area contributed by atoms with Crippen molar-refractivity contribution in [1.29, 1.82) is 0 Å². The van der Waals surface area contributed by atoms with Gasteiger partial charge in [0.25, 0.3) is 0 Å². The van der Waals surface area contributed by atoms with Crippen molar-refractivity contribution in [3.63, 3.8) is 0 Å². The summed E-state index contributed by atoms with van der Waals surface area (Å²) in [5.74, 6) is -0.0338. The van der Waals surface area contributed by atoms with E-state index in [2.05, 4.69) is 38.8 Å². The number of amides is 2. The van der Waals surface area contributed by atoms with Crippen molar-refractivity contribution in [1.82, 2.24) is 20.2 Å². The van der Waals surface area contributed by atoms with Crippen molar-refractivity contribution in [2.75, 3.05) is 11.9 Å². The van der Waals surface area contributed by atoms with Gasteiger partial charge in [0.05, 0.1) is 6.04 Å². The van der Waals surface area contributed by atoms with Gasteiger partial charge in [-0.2, -0.15) is 0 Å². The van der Waals surface area contributed by atoms with Gasteiger partial charge >= 0.3 is 6.03 Å². The van der Waals surface area contributed by atoms with Gasteiger partial charge in [0.15, 0.2) is 5.78 Å². The Balaban J connectivity index is 1.22. The van der Waals surface area contributed by atoms with Crippen molar-refractivity contribution in [2.45, 2.75) is 25.6 Å². The SMILES string of the molecule is O=C(c1ccncn1)C1CC(c2ccc(NC(=O)N3Cc4ccccc4C3)cc2)=CCN1. The second-order valence-electron chi connectivity index (χ2n) is 7.99. The van der Waals surface area contributed by atoms with E-state index in [9.17, 15) is 9.59 Å². The second-order valence-corrected chi connectivity index (χ2v) is 7.99. The maximum atomic E-state index is 12.7. The Morgan fingerprint density at radius 3 is 2.44 bits per heavy atom. The number of rotatable bonds is 4. The number of urea groups is 1. The normalized spacial score (nSPS) is 17.4. The first-order chi connectivity index (χ1) is 15.7. The summed E-state index contributed by atoms with van der Waals surface area (Å²) in [5.41, 5.74) is 5.70. The summed E-state index contributed by atoms with van der Waals surface area (Å²) in [6, 6.07) is 17.1. The van der Waals surface area contributed by atoms with Gasteiger partial charge in [-0.1, -0.05) is 42.5 Å². The first kappa shape index (κ1) is 20.1. The van der Waals surface area contributed by atoms with Crippen LogP contribution in [0.2, 0.25) is 0 Å². The molecule has 0 spiro atoms. The van der Waals surface area contributed by atoms with Crippen LogP contribution >= 0.6 is 0 Å². The van der Waals surface area contributed by atoms with E-state index in [1.54, 1.807) is 17.2 Å². The Kier molecular flexibility index (Phi) is 5.47. The van der Waals surface area contributed by atoms with E-state index < -0.39 is 0 Å². The Bertz CT molecular complexity index is 1150. The monoisotopic (exact) mass is 425 g/mol. The molecule has 0 radical (unpaired) electrons. The van der Waals surface area contributed by atoms with E-state index in [0.29, 0.717) is 31.7 Å². The maximum Gasteiger partial charge on any atom is 0.322 e. The quantitative estimate of drug-likeness (QED) is 0.623. The summed E-state index contributed by atoms with van der Waals surface area (Å²) in [7, 11) is 0. The molecule has 2 aliphatic rings. The molecule has 160 valence electrons. The third kappa shape index (κ3) is 4.15. The molecule has 1 aromatic heterocycles. The molecular formula is C25H23N5O2. The lowest BCUT2D eigenvalue weighted by atomic mass is 9.92. The van der Waals surface area contributed by atoms with Gasteiger partial charge in [-0.15, -0.1) is 0 Å². The van der Waals surface area contributed by atoms with Gasteiger partial charge in [0, 0.05) is 31.5 Å². The smallest absolute Gasteiger partial charge is 0.316 e. The highest BCUT2D eigenvalue weighted by Gasteiger charge is 2.25. The number of hydrogen-bond donors (Lipinski definition) is 2. The van der Waals surface area contributed by atoms with Crippen LogP contribution in [0.25, 0.3) is 5.57 Å². The lowest BCUT2D eigenvalue weighted by Crippen LogP contribution is -2.40. The van der Waals surface area contributed by atoms with E-state index in [4.69, 9.17) is 0 Å². The average molecular weight is 425 g/mol. The zero-order valence-corrected chi connectivity index (χ0v) is 17.5. The van der Waals surface area contributed by atoms with Crippen LogP contribution in [0, 0.1) is 0 Å². The van der Waals surface area contributed by atoms with Crippen LogP contribution < -0.4 is 10.6 Å². The molecule has 0 saturated heterocycles. The largest absolute Gasteiger partial charge is 0.322 e. The fourth-order valence-electron chi connectivity index (χ4n) is 4.18. The van der Waals surface area contributed by atoms with E-state index in [1.165, 1.54) is 17.5 Å². The number of nitrogens with zero attached hydrogens (tertiary/aromatic N) is 3. The Hall–Kier alpha value is -3.84. The molecule has 3 aromatic rings. The van der Waals surface area contributed by atoms with Crippen molar-refractivity contribution in [3.05, 3.63) is 95.6 Å². The molecule has 7 nitrogen and oxygen atoms in total. The molecule has 3 heterocycles. The minimum atomic E-state index is -0.318. The highest BCUT2D eigenvalue weighted by Crippen LogP contribution is 2.26. The van der Waals surface area contributed by atoms with Crippen LogP contribution in [0.3, 0.4) is 0 Å². The van der Waals surface area contributed by atoms with Crippen molar-refractivity contribution < 1.29 is 9.59 Å². The van der Waals surface area contributed by atoms with Crippen LogP contribution in [0.15, 0.2) is 73.2 Å². The van der Waals surface area contributed by atoms with Gasteiger partial charge < -0.3 is 15.5 Å². The van der Waals surface area contributed by atoms with Crippen LogP contribution in [-0.2, 0) is 13.1 Å². The van der Waals surface area contributed by atoms with Gasteiger partial charge in [0.2, 0.25) is 0 Å². The zero-order chi connectivity index (χ0) is 21.9. The predicted octanol–water partition coefficient (Wildman–Crippen LogP) is 3.65. The molecule has 2 aromatic carbocycles. The van der Waals surface area contributed by atoms with E-state index in [0.717, 1.165) is 16.8 Å². The zero-order valence-electron chi connectivity index (χ0n) is 17.5. The molecular weight excluding hydrogens is 402 g/mol. The lowest BCUT2D eigenvalue weighted by molar-refractivity contribution is 0.0940. The first-order valence-electron chi connectivity index (χ1n) is 10.6. The lowest BCUT2D eigenvalue weighted by Gasteiger charge is -2.23. The summed E-state index contributed by atoms with van der Waals surface area (Å²) >= 11 is 0. The molecule has 5 rings (SSSR count). The summed E-state index contributed by atoms with van der Waals surface area (Å²) < 4.78 is 0. The van der Waals surface area contributed by atoms with Crippen LogP contribution in [0.4, 0.5) is 10.5 Å². The number of carbonyl (C=O) groups excluding carboxylic acids is 2. The molecule has 0 aliphatic carbocycles. The molecule has 0 fully saturated rings. The number of nitrogens with one attached hydrogen (secondary N) is 2. The standard InChI is InChI=1S/C25H23N5O2/c31-24(22-10-11-26-16-28-22)23-13-18(9-12-27-23)17-5-7-21(8-6-17)29-25(32)30-14-19-3-1-2-4-20(19)15-30/h1-11,16,23,27H,12-15H2,(H,29,32). The third-order valence-corrected chi connectivity index (χ3v) is 5.92. The maximum absolute atomic E-state index is 12.7. The van der Waals surface area contributed by atoms with Crippen LogP contribution in [0.1, 0.15) is 33.6 Å². The predicted molar refractivity (Wildman–Crippen MR) is 122 cm³/mol. The Morgan fingerprint density at radius 2 is 1.75 bits per heavy atom. The molecule has 0 saturated carbocycles. The molecule has 2 amide bonds. The topological polar surface area (TPSA) is 87.2 Å². The van der Waals surface area contributed by atoms with Crippen LogP contribution in [-0.4, -0.2) is 39.3 Å². The molecule has 32 heavy (non-hydrogen) atoms. The first-order valence-corrected chi connectivity index (χ1v) is 10.6. The van der Waals surface area contributed by atoms with Crippen LogP contribution in [0.5, 0.6) is 0 Å². The Labute approximate surface area is 186 Å². The molecule has 2 aliphatic heterocycles. The fourth-order valence-corrected chi connectivity index (χ4v) is 4.18. The van der Waals surface area contributed by atoms with E-state index in [1.807, 2.05) is 36.4 Å². The number of fused-ring (bicyclic) bond motifs is 1. The fraction of sp³-hybridized carbons (Fsp3) is 0.200. The minimum absolute atomic E-state index is 0.0338. The van der Waals surface area contributed by atoms with Gasteiger partial charge in [-0.25, -0.2) is 14.8 Å². The highest BCUT2D eigenvalue weighted by atomic mass is 16.2. The highest BCUT2D eigenvalue weighted by molar-refractivity contribution is 5.99. The number of hydrogen-bond acceptors (Lipinski definition) is 5. The van der Waals surface area contributed by atoms with Crippen molar-refractivity contribution >= 4 is 23.1 Å². The molecule has 7 heteroatoms.